The number of methoxy groups -OCH3 is 1. The third-order valence-electron chi connectivity index (χ3n) is 9.55. The number of carbonyl (C=O) groups is 5. The molecule has 52 heavy (non-hydrogen) atoms. The van der Waals surface area contributed by atoms with Crippen molar-refractivity contribution in [2.24, 2.45) is 5.92 Å². The molecular formula is C37H53N9O6. The summed E-state index contributed by atoms with van der Waals surface area (Å²) < 4.78 is 6.92. The van der Waals surface area contributed by atoms with Crippen LogP contribution in [0.25, 0.3) is 5.78 Å². The van der Waals surface area contributed by atoms with Gasteiger partial charge in [0.1, 0.15) is 30.2 Å². The summed E-state index contributed by atoms with van der Waals surface area (Å²) in [5.74, 6) is -0.453. The predicted molar refractivity (Wildman–Crippen MR) is 194 cm³/mol. The standard InChI is InChI=1S/C37H53N9O6/c1-23(2)20-30-35(50)43-31(21-27-11-13-28(52-7)14-12-27)36(51)44(6)26(5)34(49)38-17-9-19-45(18-8-10-32(47)42-30)33(48)16-15-29-24(3)41-37-39-22-40-46(37)25(29)4/h11-14,22-23,26,30-31H,8-10,15-21H2,1-7H3,(H,38,49)(H,42,47)(H,43,50)/t26-,30+,31-/m0/s1. The van der Waals surface area contributed by atoms with Gasteiger partial charge >= 0.3 is 0 Å². The van der Waals surface area contributed by atoms with Crippen molar-refractivity contribution in [1.29, 1.82) is 0 Å². The number of hydrogen-bond donors (Lipinski definition) is 3. The molecule has 0 radical (unpaired) electrons. The molecule has 1 fully saturated rings. The molecule has 3 heterocycles. The first-order valence-electron chi connectivity index (χ1n) is 18.0. The first-order chi connectivity index (χ1) is 24.8. The van der Waals surface area contributed by atoms with E-state index in [4.69, 9.17) is 4.74 Å². The number of aromatic nitrogens is 4. The highest BCUT2D eigenvalue weighted by Gasteiger charge is 2.32. The fourth-order valence-corrected chi connectivity index (χ4v) is 6.38. The largest absolute Gasteiger partial charge is 0.497 e. The van der Waals surface area contributed by atoms with Crippen LogP contribution in [-0.4, -0.2) is 111 Å². The summed E-state index contributed by atoms with van der Waals surface area (Å²) in [6, 6.07) is 4.47. The van der Waals surface area contributed by atoms with E-state index in [1.807, 2.05) is 39.8 Å². The molecule has 3 N–H and O–H groups in total. The lowest BCUT2D eigenvalue weighted by Gasteiger charge is -2.30. The average Bonchev–Trinajstić information content (AvgIpc) is 3.59. The van der Waals surface area contributed by atoms with Crippen molar-refractivity contribution in [2.45, 2.75) is 97.7 Å². The Bertz CT molecular complexity index is 1720. The minimum Gasteiger partial charge on any atom is -0.497 e. The van der Waals surface area contributed by atoms with Gasteiger partial charge in [-0.1, -0.05) is 26.0 Å². The number of likely N-dealkylation sites (N-methyl/N-ethyl adjacent to an activating group) is 1. The van der Waals surface area contributed by atoms with Gasteiger partial charge in [0.15, 0.2) is 0 Å². The normalized spacial score (nSPS) is 20.3. The summed E-state index contributed by atoms with van der Waals surface area (Å²) in [6.45, 7) is 10.3. The highest BCUT2D eigenvalue weighted by molar-refractivity contribution is 5.94. The highest BCUT2D eigenvalue weighted by Crippen LogP contribution is 2.17. The Hall–Kier alpha value is -5.08. The van der Waals surface area contributed by atoms with Gasteiger partial charge in [-0.05, 0) is 75.6 Å². The molecule has 1 saturated heterocycles. The lowest BCUT2D eigenvalue weighted by Crippen LogP contribution is -2.57. The first kappa shape index (κ1) is 39.7. The third-order valence-corrected chi connectivity index (χ3v) is 9.55. The Balaban J connectivity index is 1.51. The molecule has 0 bridgehead atoms. The quantitative estimate of drug-likeness (QED) is 0.314. The summed E-state index contributed by atoms with van der Waals surface area (Å²) in [5.41, 5.74) is 3.37. The average molecular weight is 720 g/mol. The Morgan fingerprint density at radius 3 is 2.40 bits per heavy atom. The monoisotopic (exact) mass is 719 g/mol. The van der Waals surface area contributed by atoms with Crippen LogP contribution in [0, 0.1) is 19.8 Å². The fraction of sp³-hybridized carbons (Fsp3) is 0.568. The molecule has 1 aromatic carbocycles. The number of fused-ring (bicyclic) bond motifs is 1. The molecule has 0 aliphatic carbocycles. The van der Waals surface area contributed by atoms with Crippen LogP contribution >= 0.6 is 0 Å². The maximum Gasteiger partial charge on any atom is 0.252 e. The number of amides is 5. The van der Waals surface area contributed by atoms with E-state index < -0.39 is 29.9 Å². The highest BCUT2D eigenvalue weighted by atomic mass is 16.5. The molecule has 15 nitrogen and oxygen atoms in total. The number of benzene rings is 1. The van der Waals surface area contributed by atoms with E-state index in [1.54, 1.807) is 35.6 Å². The van der Waals surface area contributed by atoms with Gasteiger partial charge in [-0.3, -0.25) is 24.0 Å². The van der Waals surface area contributed by atoms with Crippen molar-refractivity contribution in [3.63, 3.8) is 0 Å². The van der Waals surface area contributed by atoms with Crippen molar-refractivity contribution < 1.29 is 28.7 Å². The van der Waals surface area contributed by atoms with Crippen LogP contribution in [-0.2, 0) is 36.8 Å². The van der Waals surface area contributed by atoms with Gasteiger partial charge in [0.2, 0.25) is 29.5 Å². The number of carbonyl (C=O) groups excluding carboxylic acids is 5. The Morgan fingerprint density at radius 1 is 1.00 bits per heavy atom. The second-order valence-electron chi connectivity index (χ2n) is 13.9. The summed E-state index contributed by atoms with van der Waals surface area (Å²) in [7, 11) is 3.10. The second kappa shape index (κ2) is 18.4. The van der Waals surface area contributed by atoms with Crippen LogP contribution < -0.4 is 20.7 Å². The van der Waals surface area contributed by atoms with Crippen molar-refractivity contribution in [1.82, 2.24) is 45.3 Å². The van der Waals surface area contributed by atoms with Gasteiger partial charge in [0, 0.05) is 57.3 Å². The summed E-state index contributed by atoms with van der Waals surface area (Å²) in [5, 5.41) is 12.9. The Kier molecular flexibility index (Phi) is 14.1. The van der Waals surface area contributed by atoms with E-state index in [1.165, 1.54) is 18.3 Å². The molecule has 5 amide bonds. The molecule has 3 aromatic rings. The number of aryl methyl sites for hydroxylation is 2. The van der Waals surface area contributed by atoms with Crippen LogP contribution in [0.15, 0.2) is 30.6 Å². The third kappa shape index (κ3) is 10.5. The van der Waals surface area contributed by atoms with Gasteiger partial charge in [-0.15, -0.1) is 0 Å². The van der Waals surface area contributed by atoms with E-state index >= 15 is 0 Å². The van der Waals surface area contributed by atoms with Gasteiger partial charge in [-0.2, -0.15) is 10.1 Å². The molecule has 282 valence electrons. The van der Waals surface area contributed by atoms with E-state index in [-0.39, 0.29) is 49.4 Å². The van der Waals surface area contributed by atoms with Gasteiger partial charge in [0.05, 0.1) is 7.11 Å². The van der Waals surface area contributed by atoms with Crippen LogP contribution in [0.2, 0.25) is 0 Å². The smallest absolute Gasteiger partial charge is 0.252 e. The molecule has 0 unspecified atom stereocenters. The predicted octanol–water partition coefficient (Wildman–Crippen LogP) is 1.92. The Labute approximate surface area is 305 Å². The number of hydrogen-bond acceptors (Lipinski definition) is 9. The van der Waals surface area contributed by atoms with Gasteiger partial charge < -0.3 is 30.5 Å². The molecule has 15 heteroatoms. The molecule has 4 rings (SSSR count). The fourth-order valence-electron chi connectivity index (χ4n) is 6.38. The van der Waals surface area contributed by atoms with E-state index in [9.17, 15) is 24.0 Å². The molecule has 2 aromatic heterocycles. The number of rotatable bonds is 8. The topological polar surface area (TPSA) is 180 Å². The van der Waals surface area contributed by atoms with Crippen LogP contribution in [0.1, 0.15) is 75.4 Å². The minimum absolute atomic E-state index is 0.0666. The molecule has 1 aliphatic rings. The zero-order chi connectivity index (χ0) is 37.9. The van der Waals surface area contributed by atoms with Crippen molar-refractivity contribution in [2.75, 3.05) is 33.8 Å². The number of ether oxygens (including phenoxy) is 1. The summed E-state index contributed by atoms with van der Waals surface area (Å²) >= 11 is 0. The molecular weight excluding hydrogens is 666 g/mol. The maximum absolute atomic E-state index is 13.9. The van der Waals surface area contributed by atoms with Gasteiger partial charge in [-0.25, -0.2) is 9.50 Å². The SMILES string of the molecule is COc1ccc(C[C@@H]2NC(=O)[C@@H](CC(C)C)NC(=O)CCCN(C(=O)CCc3c(C)nc4ncnn4c3C)CCCNC(=O)[C@H](C)N(C)C2=O)cc1. The number of nitrogens with one attached hydrogen (secondary N) is 3. The summed E-state index contributed by atoms with van der Waals surface area (Å²) in [6.07, 6.45) is 3.61. The lowest BCUT2D eigenvalue weighted by atomic mass is 10.00. The zero-order valence-electron chi connectivity index (χ0n) is 31.4. The molecule has 0 saturated carbocycles. The molecule has 1 aliphatic heterocycles. The zero-order valence-corrected chi connectivity index (χ0v) is 31.4. The van der Waals surface area contributed by atoms with E-state index in [0.717, 1.165) is 22.5 Å². The number of nitrogens with zero attached hydrogens (tertiary/aromatic N) is 6. The van der Waals surface area contributed by atoms with Crippen molar-refractivity contribution >= 4 is 35.3 Å². The van der Waals surface area contributed by atoms with Crippen molar-refractivity contribution in [3.05, 3.63) is 53.1 Å². The summed E-state index contributed by atoms with van der Waals surface area (Å²) in [4.78, 5) is 79.4. The van der Waals surface area contributed by atoms with E-state index in [0.29, 0.717) is 50.3 Å². The second-order valence-corrected chi connectivity index (χ2v) is 13.9. The Morgan fingerprint density at radius 2 is 1.71 bits per heavy atom. The lowest BCUT2D eigenvalue weighted by molar-refractivity contribution is -0.141. The molecule has 0 spiro atoms. The van der Waals surface area contributed by atoms with Crippen LogP contribution in [0.5, 0.6) is 5.75 Å². The van der Waals surface area contributed by atoms with Crippen LogP contribution in [0.3, 0.4) is 0 Å². The maximum atomic E-state index is 13.9. The minimum atomic E-state index is -0.993. The van der Waals surface area contributed by atoms with E-state index in [2.05, 4.69) is 31.0 Å². The van der Waals surface area contributed by atoms with Crippen molar-refractivity contribution in [3.8, 4) is 5.75 Å². The molecule has 3 atom stereocenters. The van der Waals surface area contributed by atoms with Crippen LogP contribution in [0.4, 0.5) is 0 Å². The first-order valence-corrected chi connectivity index (χ1v) is 18.0. The van der Waals surface area contributed by atoms with Gasteiger partial charge in [0.25, 0.3) is 5.78 Å².